The Balaban J connectivity index is 2.81. The lowest BCUT2D eigenvalue weighted by atomic mass is 10.3. The van der Waals surface area contributed by atoms with Crippen LogP contribution in [-0.4, -0.2) is 37.7 Å². The lowest BCUT2D eigenvalue weighted by Crippen LogP contribution is -2.38. The fourth-order valence-corrected chi connectivity index (χ4v) is 0.691. The molecular weight excluding hydrogens is 178 g/mol. The third-order valence-electron chi connectivity index (χ3n) is 1.18. The summed E-state index contributed by atoms with van der Waals surface area (Å²) in [6.07, 6.45) is 0. The van der Waals surface area contributed by atoms with E-state index in [0.29, 0.717) is 0 Å². The zero-order valence-corrected chi connectivity index (χ0v) is 6.35. The second-order valence-electron chi connectivity index (χ2n) is 2.12. The molecule has 1 aromatic rings. The molecule has 0 aliphatic carbocycles. The van der Waals surface area contributed by atoms with Gasteiger partial charge in [-0.2, -0.15) is 0 Å². The summed E-state index contributed by atoms with van der Waals surface area (Å²) in [6.45, 7) is 0. The molecule has 0 spiro atoms. The summed E-state index contributed by atoms with van der Waals surface area (Å²) in [5, 5.41) is 29.7. The van der Waals surface area contributed by atoms with Gasteiger partial charge in [-0.15, -0.1) is 5.10 Å². The zero-order valence-electron chi connectivity index (χ0n) is 6.35. The normalized spacial score (nSPS) is 12.0. The molecule has 0 saturated carbocycles. The number of carboxylic acid groups (broad SMARTS) is 1. The number of hydrogen-bond acceptors (Lipinski definition) is 5. The molecule has 1 aromatic heterocycles. The summed E-state index contributed by atoms with van der Waals surface area (Å²) < 4.78 is 0. The molecule has 0 bridgehead atoms. The van der Waals surface area contributed by atoms with Crippen molar-refractivity contribution < 1.29 is 9.90 Å². The van der Waals surface area contributed by atoms with Crippen molar-refractivity contribution >= 4 is 11.9 Å². The highest BCUT2D eigenvalue weighted by Gasteiger charge is 2.23. The van der Waals surface area contributed by atoms with Gasteiger partial charge in [-0.1, -0.05) is 0 Å². The first-order valence-corrected chi connectivity index (χ1v) is 3.18. The molecule has 0 saturated heterocycles. The Morgan fingerprint density at radius 3 is 2.85 bits per heavy atom. The van der Waals surface area contributed by atoms with E-state index in [9.17, 15) is 4.79 Å². The molecular formula is C4H7N7O2. The van der Waals surface area contributed by atoms with E-state index in [1.807, 2.05) is 0 Å². The molecule has 0 radical (unpaired) electrons. The number of rotatable bonds is 3. The number of carbonyl (C=O) groups is 1. The minimum Gasteiger partial charge on any atom is -0.479 e. The van der Waals surface area contributed by atoms with Gasteiger partial charge in [-0.25, -0.2) is 9.89 Å². The molecule has 0 aliphatic heterocycles. The van der Waals surface area contributed by atoms with Crippen LogP contribution in [0.3, 0.4) is 0 Å². The van der Waals surface area contributed by atoms with E-state index in [2.05, 4.69) is 25.9 Å². The van der Waals surface area contributed by atoms with Crippen LogP contribution in [0.25, 0.3) is 0 Å². The highest BCUT2D eigenvalue weighted by Crippen LogP contribution is 2.03. The molecule has 0 aliphatic rings. The second-order valence-corrected chi connectivity index (χ2v) is 2.12. The van der Waals surface area contributed by atoms with Crippen LogP contribution in [0.4, 0.5) is 0 Å². The van der Waals surface area contributed by atoms with Crippen LogP contribution in [0.1, 0.15) is 11.9 Å². The van der Waals surface area contributed by atoms with Gasteiger partial charge < -0.3 is 16.2 Å². The first-order valence-electron chi connectivity index (χ1n) is 3.18. The molecule has 13 heavy (non-hydrogen) atoms. The lowest BCUT2D eigenvalue weighted by Gasteiger charge is -2.09. The van der Waals surface area contributed by atoms with E-state index < -0.39 is 18.0 Å². The van der Waals surface area contributed by atoms with Crippen molar-refractivity contribution in [3.63, 3.8) is 0 Å². The smallest absolute Gasteiger partial charge is 0.334 e. The Bertz CT molecular complexity index is 306. The molecule has 6 N–H and O–H groups in total. The van der Waals surface area contributed by atoms with Crippen LogP contribution in [0.15, 0.2) is 0 Å². The van der Waals surface area contributed by atoms with Crippen molar-refractivity contribution in [2.45, 2.75) is 6.04 Å². The first kappa shape index (κ1) is 8.90. The van der Waals surface area contributed by atoms with E-state index in [1.54, 1.807) is 0 Å². The highest BCUT2D eigenvalue weighted by atomic mass is 16.4. The molecule has 1 unspecified atom stereocenters. The van der Waals surface area contributed by atoms with Crippen LogP contribution >= 0.6 is 0 Å². The van der Waals surface area contributed by atoms with Crippen molar-refractivity contribution in [1.29, 1.82) is 5.41 Å². The molecule has 70 valence electrons. The number of guanidine groups is 1. The summed E-state index contributed by atoms with van der Waals surface area (Å²) in [4.78, 5) is 10.6. The number of aliphatic carboxylic acids is 1. The number of carboxylic acids is 1. The van der Waals surface area contributed by atoms with Crippen molar-refractivity contribution in [1.82, 2.24) is 25.9 Å². The average molecular weight is 185 g/mol. The monoisotopic (exact) mass is 185 g/mol. The minimum absolute atomic E-state index is 0.0114. The average Bonchev–Trinajstić information content (AvgIpc) is 2.50. The topological polar surface area (TPSA) is 154 Å². The second kappa shape index (κ2) is 3.47. The summed E-state index contributed by atoms with van der Waals surface area (Å²) in [7, 11) is 0. The Labute approximate surface area is 71.8 Å². The first-order chi connectivity index (χ1) is 6.11. The van der Waals surface area contributed by atoms with E-state index in [1.165, 1.54) is 0 Å². The van der Waals surface area contributed by atoms with Gasteiger partial charge in [-0.3, -0.25) is 5.41 Å². The predicted octanol–water partition coefficient (Wildman–Crippen LogP) is -2.19. The van der Waals surface area contributed by atoms with Gasteiger partial charge in [-0.05, 0) is 10.4 Å². The Hall–Kier alpha value is -2.19. The third-order valence-corrected chi connectivity index (χ3v) is 1.18. The Kier molecular flexibility index (Phi) is 2.38. The number of aromatic amines is 1. The van der Waals surface area contributed by atoms with Crippen molar-refractivity contribution in [3.8, 4) is 0 Å². The van der Waals surface area contributed by atoms with Crippen LogP contribution in [0.2, 0.25) is 0 Å². The number of nitrogens with one attached hydrogen (secondary N) is 3. The maximum absolute atomic E-state index is 10.6. The number of hydrogen-bond donors (Lipinski definition) is 5. The molecule has 1 atom stereocenters. The van der Waals surface area contributed by atoms with Gasteiger partial charge in [0.25, 0.3) is 0 Å². The fraction of sp³-hybridized carbons (Fsp3) is 0.250. The van der Waals surface area contributed by atoms with E-state index in [0.717, 1.165) is 0 Å². The number of tetrazole rings is 1. The Morgan fingerprint density at radius 2 is 2.46 bits per heavy atom. The fourth-order valence-electron chi connectivity index (χ4n) is 0.691. The maximum Gasteiger partial charge on any atom is 0.334 e. The summed E-state index contributed by atoms with van der Waals surface area (Å²) in [5.41, 5.74) is 4.96. The van der Waals surface area contributed by atoms with E-state index in [-0.39, 0.29) is 5.82 Å². The van der Waals surface area contributed by atoms with Crippen molar-refractivity contribution in [2.75, 3.05) is 0 Å². The molecule has 9 nitrogen and oxygen atoms in total. The molecule has 1 rings (SSSR count). The quantitative estimate of drug-likeness (QED) is 0.264. The van der Waals surface area contributed by atoms with Gasteiger partial charge in [0, 0.05) is 0 Å². The summed E-state index contributed by atoms with van der Waals surface area (Å²) >= 11 is 0. The van der Waals surface area contributed by atoms with Crippen molar-refractivity contribution in [2.24, 2.45) is 5.73 Å². The predicted molar refractivity (Wildman–Crippen MR) is 39.6 cm³/mol. The number of aromatic nitrogens is 4. The summed E-state index contributed by atoms with van der Waals surface area (Å²) in [5.74, 6) is -1.71. The Morgan fingerprint density at radius 1 is 1.77 bits per heavy atom. The lowest BCUT2D eigenvalue weighted by molar-refractivity contribution is -0.139. The van der Waals surface area contributed by atoms with Crippen LogP contribution in [0.5, 0.6) is 0 Å². The standard InChI is InChI=1S/C4H7N7O2/c5-4(6)7-1(3(12)13)2-8-10-11-9-2/h1H,(H,12,13)(H4,5,6,7)(H,8,9,10,11). The van der Waals surface area contributed by atoms with Crippen molar-refractivity contribution in [3.05, 3.63) is 5.82 Å². The number of nitrogens with zero attached hydrogens (tertiary/aromatic N) is 3. The molecule has 0 aromatic carbocycles. The number of H-pyrrole nitrogens is 1. The van der Waals surface area contributed by atoms with E-state index in [4.69, 9.17) is 16.2 Å². The third kappa shape index (κ3) is 2.12. The molecule has 0 fully saturated rings. The van der Waals surface area contributed by atoms with Crippen LogP contribution in [0, 0.1) is 5.41 Å². The van der Waals surface area contributed by atoms with Gasteiger partial charge in [0.1, 0.15) is 0 Å². The minimum atomic E-state index is -1.23. The molecule has 1 heterocycles. The van der Waals surface area contributed by atoms with Gasteiger partial charge in [0.05, 0.1) is 0 Å². The largest absolute Gasteiger partial charge is 0.479 e. The van der Waals surface area contributed by atoms with Crippen LogP contribution in [-0.2, 0) is 4.79 Å². The van der Waals surface area contributed by atoms with E-state index >= 15 is 0 Å². The van der Waals surface area contributed by atoms with Crippen LogP contribution < -0.4 is 11.1 Å². The summed E-state index contributed by atoms with van der Waals surface area (Å²) in [6, 6.07) is -1.23. The SMILES string of the molecule is N=C(N)NC(C(=O)O)c1nnn[nH]1. The van der Waals surface area contributed by atoms with Gasteiger partial charge >= 0.3 is 5.97 Å². The highest BCUT2D eigenvalue weighted by molar-refractivity contribution is 5.83. The molecule has 9 heteroatoms. The number of nitrogens with two attached hydrogens (primary N) is 1. The van der Waals surface area contributed by atoms with Gasteiger partial charge in [0.2, 0.25) is 0 Å². The maximum atomic E-state index is 10.6. The zero-order chi connectivity index (χ0) is 9.84. The molecule has 0 amide bonds. The van der Waals surface area contributed by atoms with Gasteiger partial charge in [0.15, 0.2) is 17.8 Å².